The smallest absolute Gasteiger partial charge is 0.408 e. The molecule has 0 fully saturated rings. The minimum atomic E-state index is -1.17. The summed E-state index contributed by atoms with van der Waals surface area (Å²) in [5, 5.41) is 15.6. The molecule has 204 valence electrons. The Labute approximate surface area is 230 Å². The van der Waals surface area contributed by atoms with Crippen LogP contribution in [0.1, 0.15) is 62.9 Å². The molecule has 2 rings (SSSR count). The maximum absolute atomic E-state index is 14.0. The number of nitrogens with one attached hydrogen (secondary N) is 2. The van der Waals surface area contributed by atoms with Crippen LogP contribution in [0.3, 0.4) is 0 Å². The summed E-state index contributed by atoms with van der Waals surface area (Å²) < 4.78 is 5.36. The van der Waals surface area contributed by atoms with Crippen molar-refractivity contribution in [2.24, 2.45) is 5.92 Å². The first kappa shape index (κ1) is 30.7. The van der Waals surface area contributed by atoms with E-state index in [-0.39, 0.29) is 12.5 Å². The number of nitriles is 1. The van der Waals surface area contributed by atoms with Crippen LogP contribution in [-0.4, -0.2) is 41.0 Å². The second kappa shape index (κ2) is 12.8. The Morgan fingerprint density at radius 3 is 2.26 bits per heavy atom. The summed E-state index contributed by atoms with van der Waals surface area (Å²) >= 11 is 6.37. The van der Waals surface area contributed by atoms with Crippen LogP contribution in [0.5, 0.6) is 0 Å². The number of halogens is 1. The zero-order chi connectivity index (χ0) is 28.8. The van der Waals surface area contributed by atoms with Crippen LogP contribution < -0.4 is 10.6 Å². The number of rotatable bonds is 8. The van der Waals surface area contributed by atoms with Gasteiger partial charge in [0, 0.05) is 0 Å². The van der Waals surface area contributed by atoms with E-state index in [4.69, 9.17) is 16.3 Å². The summed E-state index contributed by atoms with van der Waals surface area (Å²) in [6, 6.07) is 10.6. The van der Waals surface area contributed by atoms with E-state index in [0.29, 0.717) is 16.3 Å². The van der Waals surface area contributed by atoms with Crippen molar-refractivity contribution in [3.8, 4) is 6.07 Å². The number of hydrogen-bond donors (Lipinski definition) is 2. The molecule has 2 aromatic rings. The number of para-hydroxylation sites is 1. The minimum absolute atomic E-state index is 0.350. The van der Waals surface area contributed by atoms with Gasteiger partial charge in [-0.25, -0.2) is 4.79 Å². The fourth-order valence-electron chi connectivity index (χ4n) is 4.06. The normalized spacial score (nSPS) is 12.8. The van der Waals surface area contributed by atoms with Gasteiger partial charge in [-0.15, -0.1) is 0 Å². The summed E-state index contributed by atoms with van der Waals surface area (Å²) in [4.78, 5) is 41.6. The molecule has 0 aromatic heterocycles. The van der Waals surface area contributed by atoms with Crippen LogP contribution in [0.2, 0.25) is 5.02 Å². The zero-order valence-corrected chi connectivity index (χ0v) is 24.1. The van der Waals surface area contributed by atoms with Crippen LogP contribution in [0, 0.1) is 38.0 Å². The van der Waals surface area contributed by atoms with Gasteiger partial charge in [0.15, 0.2) is 0 Å². The third-order valence-electron chi connectivity index (χ3n) is 5.88. The monoisotopic (exact) mass is 540 g/mol. The number of alkyl carbamates (subject to hydrolysis) is 1. The van der Waals surface area contributed by atoms with Gasteiger partial charge < -0.3 is 20.3 Å². The van der Waals surface area contributed by atoms with E-state index in [1.165, 1.54) is 4.90 Å². The quantitative estimate of drug-likeness (QED) is 0.408. The van der Waals surface area contributed by atoms with Crippen molar-refractivity contribution in [3.05, 3.63) is 63.7 Å². The van der Waals surface area contributed by atoms with E-state index in [9.17, 15) is 19.6 Å². The van der Waals surface area contributed by atoms with Crippen LogP contribution in [0.4, 0.5) is 10.5 Å². The van der Waals surface area contributed by atoms with Crippen molar-refractivity contribution < 1.29 is 19.1 Å². The molecule has 2 unspecified atom stereocenters. The molecule has 0 saturated carbocycles. The first-order valence-electron chi connectivity index (χ1n) is 12.5. The Morgan fingerprint density at radius 2 is 1.74 bits per heavy atom. The first-order chi connectivity index (χ1) is 17.7. The predicted molar refractivity (Wildman–Crippen MR) is 149 cm³/mol. The van der Waals surface area contributed by atoms with Gasteiger partial charge in [0.25, 0.3) is 5.91 Å². The summed E-state index contributed by atoms with van der Waals surface area (Å²) in [6.45, 7) is 13.9. The number of ether oxygens (including phenoxy) is 1. The molecule has 0 aliphatic carbocycles. The molecule has 2 atom stereocenters. The Kier molecular flexibility index (Phi) is 10.3. The van der Waals surface area contributed by atoms with Gasteiger partial charge >= 0.3 is 6.09 Å². The second-order valence-electron chi connectivity index (χ2n) is 10.7. The molecule has 0 bridgehead atoms. The molecule has 0 heterocycles. The lowest BCUT2D eigenvalue weighted by atomic mass is 9.95. The molecular formula is C29H37ClN4O4. The number of aryl methyl sites for hydroxylation is 3. The molecule has 2 aromatic carbocycles. The van der Waals surface area contributed by atoms with E-state index in [0.717, 1.165) is 16.7 Å². The lowest BCUT2D eigenvalue weighted by molar-refractivity contribution is -0.141. The van der Waals surface area contributed by atoms with Crippen molar-refractivity contribution in [3.63, 3.8) is 0 Å². The third-order valence-corrected chi connectivity index (χ3v) is 6.19. The molecule has 8 nitrogen and oxygen atoms in total. The SMILES string of the molecule is Cc1ccc(C(C(=O)Nc2c(C)cccc2Cl)N(CC#N)C(=O)C(NC(=O)OC(C)(C)C)C(C)C)c(C)c1. The Balaban J connectivity index is 2.59. The van der Waals surface area contributed by atoms with E-state index >= 15 is 0 Å². The molecule has 2 N–H and O–H groups in total. The highest BCUT2D eigenvalue weighted by Crippen LogP contribution is 2.31. The Morgan fingerprint density at radius 1 is 1.08 bits per heavy atom. The van der Waals surface area contributed by atoms with E-state index in [2.05, 4.69) is 10.6 Å². The Bertz CT molecular complexity index is 1210. The highest BCUT2D eigenvalue weighted by Gasteiger charge is 2.38. The van der Waals surface area contributed by atoms with Gasteiger partial charge in [-0.3, -0.25) is 9.59 Å². The van der Waals surface area contributed by atoms with Gasteiger partial charge in [-0.2, -0.15) is 5.26 Å². The van der Waals surface area contributed by atoms with Crippen molar-refractivity contribution in [1.82, 2.24) is 10.2 Å². The maximum atomic E-state index is 14.0. The van der Waals surface area contributed by atoms with Gasteiger partial charge in [-0.05, 0) is 70.2 Å². The fourth-order valence-corrected chi connectivity index (χ4v) is 4.33. The molecule has 0 radical (unpaired) electrons. The number of benzene rings is 2. The number of amides is 3. The van der Waals surface area contributed by atoms with Crippen LogP contribution >= 0.6 is 11.6 Å². The molecular weight excluding hydrogens is 504 g/mol. The first-order valence-corrected chi connectivity index (χ1v) is 12.8. The van der Waals surface area contributed by atoms with Gasteiger partial charge in [-0.1, -0.05) is 61.3 Å². The lowest BCUT2D eigenvalue weighted by Gasteiger charge is -2.34. The third kappa shape index (κ3) is 7.96. The second-order valence-corrected chi connectivity index (χ2v) is 11.1. The molecule has 0 aliphatic rings. The van der Waals surface area contributed by atoms with Gasteiger partial charge in [0.2, 0.25) is 5.91 Å². The summed E-state index contributed by atoms with van der Waals surface area (Å²) in [6.07, 6.45) is -0.763. The predicted octanol–water partition coefficient (Wildman–Crippen LogP) is 5.85. The molecule has 9 heteroatoms. The highest BCUT2D eigenvalue weighted by molar-refractivity contribution is 6.34. The van der Waals surface area contributed by atoms with Crippen molar-refractivity contribution >= 4 is 35.2 Å². The highest BCUT2D eigenvalue weighted by atomic mass is 35.5. The molecule has 0 aliphatic heterocycles. The lowest BCUT2D eigenvalue weighted by Crippen LogP contribution is -2.54. The number of nitrogens with zero attached hydrogens (tertiary/aromatic N) is 2. The number of hydrogen-bond acceptors (Lipinski definition) is 5. The number of carbonyl (C=O) groups excluding carboxylic acids is 3. The zero-order valence-electron chi connectivity index (χ0n) is 23.3. The number of anilines is 1. The summed E-state index contributed by atoms with van der Waals surface area (Å²) in [7, 11) is 0. The topological polar surface area (TPSA) is 112 Å². The molecule has 0 spiro atoms. The number of carbonyl (C=O) groups is 3. The van der Waals surface area contributed by atoms with Gasteiger partial charge in [0.1, 0.15) is 24.2 Å². The molecule has 0 saturated heterocycles. The molecule has 3 amide bonds. The van der Waals surface area contributed by atoms with Crippen molar-refractivity contribution in [2.75, 3.05) is 11.9 Å². The fraction of sp³-hybridized carbons (Fsp3) is 0.448. The standard InChI is InChI=1S/C29H37ClN4O4/c1-17(2)23(33-28(37)38-29(6,7)8)27(36)34(15-14-31)25(21-13-12-18(3)16-20(21)5)26(35)32-24-19(4)10-9-11-22(24)30/h9-13,16-17,23,25H,15H2,1-8H3,(H,32,35)(H,33,37). The van der Waals surface area contributed by atoms with Crippen LogP contribution in [-0.2, 0) is 14.3 Å². The van der Waals surface area contributed by atoms with E-state index in [1.54, 1.807) is 52.8 Å². The van der Waals surface area contributed by atoms with Crippen LogP contribution in [0.15, 0.2) is 36.4 Å². The largest absolute Gasteiger partial charge is 0.444 e. The maximum Gasteiger partial charge on any atom is 0.408 e. The molecule has 38 heavy (non-hydrogen) atoms. The van der Waals surface area contributed by atoms with Crippen molar-refractivity contribution in [1.29, 1.82) is 5.26 Å². The Hall–Kier alpha value is -3.57. The minimum Gasteiger partial charge on any atom is -0.444 e. The van der Waals surface area contributed by atoms with Crippen LogP contribution in [0.25, 0.3) is 0 Å². The van der Waals surface area contributed by atoms with E-state index in [1.807, 2.05) is 45.0 Å². The van der Waals surface area contributed by atoms with Crippen molar-refractivity contribution in [2.45, 2.75) is 73.1 Å². The average Bonchev–Trinajstić information content (AvgIpc) is 2.79. The average molecular weight is 541 g/mol. The van der Waals surface area contributed by atoms with Gasteiger partial charge in [0.05, 0.1) is 16.8 Å². The summed E-state index contributed by atoms with van der Waals surface area (Å²) in [5.41, 5.74) is 2.71. The summed E-state index contributed by atoms with van der Waals surface area (Å²) in [5.74, 6) is -1.47. The van der Waals surface area contributed by atoms with E-state index < -0.39 is 35.6 Å².